The van der Waals surface area contributed by atoms with Crippen molar-refractivity contribution < 1.29 is 18.0 Å². The second kappa shape index (κ2) is 7.56. The second-order valence-corrected chi connectivity index (χ2v) is 6.83. The van der Waals surface area contributed by atoms with Gasteiger partial charge in [0.05, 0.1) is 16.6 Å². The first kappa shape index (κ1) is 20.9. The van der Waals surface area contributed by atoms with Gasteiger partial charge in [-0.2, -0.15) is 18.3 Å². The number of nitrogens with zero attached hydrogens (tertiary/aromatic N) is 5. The highest BCUT2D eigenvalue weighted by Crippen LogP contribution is 2.37. The molecule has 0 atom stereocenters. The zero-order valence-corrected chi connectivity index (χ0v) is 16.8. The number of fused-ring (bicyclic) bond motifs is 1. The predicted octanol–water partition coefficient (Wildman–Crippen LogP) is 4.17. The molecule has 0 aromatic carbocycles. The Morgan fingerprint density at radius 1 is 1.17 bits per heavy atom. The molecule has 0 aliphatic rings. The monoisotopic (exact) mass is 447 g/mol. The van der Waals surface area contributed by atoms with Gasteiger partial charge in [0.2, 0.25) is 0 Å². The molecule has 3 heterocycles. The molecule has 0 saturated carbocycles. The Bertz CT molecular complexity index is 1080. The predicted molar refractivity (Wildman–Crippen MR) is 103 cm³/mol. The number of anilines is 2. The van der Waals surface area contributed by atoms with Gasteiger partial charge in [-0.25, -0.2) is 20.2 Å². The minimum absolute atomic E-state index is 0.0362. The number of alkyl halides is 3. The minimum atomic E-state index is -4.63. The summed E-state index contributed by atoms with van der Waals surface area (Å²) in [5.41, 5.74) is 1.96. The molecule has 0 aliphatic carbocycles. The van der Waals surface area contributed by atoms with Crippen LogP contribution in [-0.2, 0) is 13.2 Å². The maximum Gasteiger partial charge on any atom is 0.417 e. The lowest BCUT2D eigenvalue weighted by molar-refractivity contribution is -0.136. The molecule has 29 heavy (non-hydrogen) atoms. The number of nitrogens with one attached hydrogen (secondary N) is 2. The Balaban J connectivity index is 1.89. The lowest BCUT2D eigenvalue weighted by Crippen LogP contribution is -2.42. The van der Waals surface area contributed by atoms with Gasteiger partial charge in [0.25, 0.3) is 0 Å². The van der Waals surface area contributed by atoms with E-state index in [2.05, 4.69) is 25.8 Å². The Hall–Kier alpha value is -2.79. The van der Waals surface area contributed by atoms with Gasteiger partial charge in [-0.05, 0) is 25.1 Å². The molecule has 8 nitrogen and oxygen atoms in total. The topological polar surface area (TPSA) is 88.0 Å². The van der Waals surface area contributed by atoms with Crippen molar-refractivity contribution in [3.05, 3.63) is 39.8 Å². The van der Waals surface area contributed by atoms with Crippen LogP contribution in [-0.4, -0.2) is 32.8 Å². The number of carbonyl (C=O) groups is 1. The van der Waals surface area contributed by atoms with Gasteiger partial charge in [-0.15, -0.1) is 0 Å². The number of carbonyl (C=O) groups excluding carboxylic acids is 1. The Kier molecular flexibility index (Phi) is 5.46. The molecule has 0 aliphatic heterocycles. The summed E-state index contributed by atoms with van der Waals surface area (Å²) in [5.74, 6) is -0.131. The maximum absolute atomic E-state index is 13.6. The van der Waals surface area contributed by atoms with E-state index in [0.29, 0.717) is 0 Å². The molecule has 2 N–H and O–H groups in total. The molecule has 0 saturated heterocycles. The van der Waals surface area contributed by atoms with Crippen LogP contribution in [0, 0.1) is 6.92 Å². The van der Waals surface area contributed by atoms with Crippen molar-refractivity contribution in [2.45, 2.75) is 13.1 Å². The van der Waals surface area contributed by atoms with Gasteiger partial charge in [-0.1, -0.05) is 23.2 Å². The highest BCUT2D eigenvalue weighted by molar-refractivity contribution is 6.33. The minimum Gasteiger partial charge on any atom is -0.306 e. The van der Waals surface area contributed by atoms with Crippen molar-refractivity contribution in [1.29, 1.82) is 0 Å². The molecule has 3 rings (SSSR count). The summed E-state index contributed by atoms with van der Waals surface area (Å²) in [6, 6.07) is 2.81. The zero-order valence-electron chi connectivity index (χ0n) is 15.3. The fourth-order valence-corrected chi connectivity index (χ4v) is 3.19. The molecule has 3 aromatic heterocycles. The standard InChI is InChI=1S/C16H14Cl2F3N7O/c1-7-13-9(16(19,20)21)6-12(24-14(13)28(3)25-7)27(2)26-15(29)22-8-4-10(17)23-11(18)5-8/h4-6H,1-3H3,(H2,22,23,26,29). The number of hydrogen-bond donors (Lipinski definition) is 2. The molecule has 0 bridgehead atoms. The van der Waals surface area contributed by atoms with E-state index >= 15 is 0 Å². The summed E-state index contributed by atoms with van der Waals surface area (Å²) < 4.78 is 41.9. The van der Waals surface area contributed by atoms with Crippen LogP contribution in [0.15, 0.2) is 18.2 Å². The average molecular weight is 448 g/mol. The third-order valence-electron chi connectivity index (χ3n) is 3.89. The van der Waals surface area contributed by atoms with E-state index in [-0.39, 0.29) is 38.5 Å². The third kappa shape index (κ3) is 4.46. The summed E-state index contributed by atoms with van der Waals surface area (Å²) in [6.07, 6.45) is -4.63. The Labute approximate surface area is 172 Å². The van der Waals surface area contributed by atoms with Crippen molar-refractivity contribution in [3.63, 3.8) is 0 Å². The number of hydrogen-bond acceptors (Lipinski definition) is 5. The molecule has 0 spiro atoms. The van der Waals surface area contributed by atoms with E-state index < -0.39 is 17.8 Å². The quantitative estimate of drug-likeness (QED) is 0.464. The van der Waals surface area contributed by atoms with E-state index in [9.17, 15) is 18.0 Å². The number of amides is 2. The normalized spacial score (nSPS) is 11.6. The van der Waals surface area contributed by atoms with Crippen LogP contribution in [0.3, 0.4) is 0 Å². The first-order valence-corrected chi connectivity index (χ1v) is 8.77. The third-order valence-corrected chi connectivity index (χ3v) is 4.28. The van der Waals surface area contributed by atoms with Gasteiger partial charge >= 0.3 is 12.2 Å². The Morgan fingerprint density at radius 2 is 1.79 bits per heavy atom. The molecule has 0 unspecified atom stereocenters. The van der Waals surface area contributed by atoms with Gasteiger partial charge in [0.1, 0.15) is 16.1 Å². The molecule has 0 fully saturated rings. The van der Waals surface area contributed by atoms with Crippen LogP contribution < -0.4 is 15.8 Å². The lowest BCUT2D eigenvalue weighted by atomic mass is 10.1. The second-order valence-electron chi connectivity index (χ2n) is 6.06. The first-order chi connectivity index (χ1) is 13.5. The summed E-state index contributed by atoms with van der Waals surface area (Å²) >= 11 is 11.5. The zero-order chi connectivity index (χ0) is 21.5. The maximum atomic E-state index is 13.6. The number of aromatic nitrogens is 4. The van der Waals surface area contributed by atoms with Gasteiger partial charge < -0.3 is 5.32 Å². The lowest BCUT2D eigenvalue weighted by Gasteiger charge is -2.21. The van der Waals surface area contributed by atoms with Crippen LogP contribution in [0.4, 0.5) is 29.5 Å². The van der Waals surface area contributed by atoms with Gasteiger partial charge in [0.15, 0.2) is 5.65 Å². The van der Waals surface area contributed by atoms with E-state index in [0.717, 1.165) is 11.1 Å². The summed E-state index contributed by atoms with van der Waals surface area (Å²) in [5, 5.41) is 7.54. The van der Waals surface area contributed by atoms with Crippen molar-refractivity contribution in [3.8, 4) is 0 Å². The molecule has 2 amide bonds. The van der Waals surface area contributed by atoms with Crippen LogP contribution in [0.25, 0.3) is 11.0 Å². The van der Waals surface area contributed by atoms with Gasteiger partial charge in [0, 0.05) is 19.8 Å². The number of halogens is 5. The fourth-order valence-electron chi connectivity index (χ4n) is 2.73. The van der Waals surface area contributed by atoms with Crippen molar-refractivity contribution in [1.82, 2.24) is 25.2 Å². The molecular weight excluding hydrogens is 434 g/mol. The Morgan fingerprint density at radius 3 is 2.38 bits per heavy atom. The van der Waals surface area contributed by atoms with Crippen molar-refractivity contribution in [2.75, 3.05) is 17.4 Å². The summed E-state index contributed by atoms with van der Waals surface area (Å²) in [4.78, 5) is 20.1. The van der Waals surface area contributed by atoms with E-state index in [4.69, 9.17) is 23.2 Å². The van der Waals surface area contributed by atoms with Crippen molar-refractivity contribution in [2.24, 2.45) is 7.05 Å². The fraction of sp³-hybridized carbons (Fsp3) is 0.250. The summed E-state index contributed by atoms with van der Waals surface area (Å²) in [6.45, 7) is 1.47. The SMILES string of the molecule is Cc1nn(C)c2nc(N(C)NC(=O)Nc3cc(Cl)nc(Cl)c3)cc(C(F)(F)F)c12. The molecule has 154 valence electrons. The molecular formula is C16H14Cl2F3N7O. The molecule has 13 heteroatoms. The molecule has 0 radical (unpaired) electrons. The number of pyridine rings is 2. The highest BCUT2D eigenvalue weighted by atomic mass is 35.5. The first-order valence-electron chi connectivity index (χ1n) is 8.01. The van der Waals surface area contributed by atoms with Crippen LogP contribution in [0.5, 0.6) is 0 Å². The van der Waals surface area contributed by atoms with Gasteiger partial charge in [-0.3, -0.25) is 9.69 Å². The largest absolute Gasteiger partial charge is 0.417 e. The highest BCUT2D eigenvalue weighted by Gasteiger charge is 2.35. The number of rotatable bonds is 3. The number of urea groups is 1. The van der Waals surface area contributed by atoms with Crippen molar-refractivity contribution >= 4 is 51.8 Å². The van der Waals surface area contributed by atoms with E-state index in [1.165, 1.54) is 37.8 Å². The van der Waals surface area contributed by atoms with Crippen LogP contribution in [0.2, 0.25) is 10.3 Å². The number of aryl methyl sites for hydroxylation is 2. The number of hydrazine groups is 1. The smallest absolute Gasteiger partial charge is 0.306 e. The summed E-state index contributed by atoms with van der Waals surface area (Å²) in [7, 11) is 2.84. The van der Waals surface area contributed by atoms with Crippen LogP contribution >= 0.6 is 23.2 Å². The average Bonchev–Trinajstić information content (AvgIpc) is 2.86. The molecule has 3 aromatic rings. The van der Waals surface area contributed by atoms with E-state index in [1.807, 2.05) is 0 Å². The van der Waals surface area contributed by atoms with E-state index in [1.54, 1.807) is 0 Å². The van der Waals surface area contributed by atoms with Crippen LogP contribution in [0.1, 0.15) is 11.3 Å².